The maximum absolute atomic E-state index is 12.2. The second-order valence-corrected chi connectivity index (χ2v) is 9.59. The van der Waals surface area contributed by atoms with Crippen LogP contribution < -0.4 is 0 Å². The van der Waals surface area contributed by atoms with Crippen LogP contribution >= 0.6 is 7.28 Å². The number of hydrogen-bond donors (Lipinski definition) is 0. The summed E-state index contributed by atoms with van der Waals surface area (Å²) in [6, 6.07) is 9.94. The van der Waals surface area contributed by atoms with Gasteiger partial charge >= 0.3 is 124 Å². The molecular formula is C16H21O4P. The monoisotopic (exact) mass is 308 g/mol. The van der Waals surface area contributed by atoms with Crippen molar-refractivity contribution in [1.29, 1.82) is 0 Å². The fourth-order valence-electron chi connectivity index (χ4n) is 3.49. The Morgan fingerprint density at radius 3 is 2.38 bits per heavy atom. The zero-order valence-electron chi connectivity index (χ0n) is 12.7. The molecule has 1 atom stereocenters. The molecule has 0 radical (unpaired) electrons. The van der Waals surface area contributed by atoms with E-state index in [9.17, 15) is 4.79 Å². The van der Waals surface area contributed by atoms with Gasteiger partial charge in [0.05, 0.1) is 0 Å². The van der Waals surface area contributed by atoms with Crippen molar-refractivity contribution < 1.29 is 18.4 Å². The second-order valence-electron chi connectivity index (χ2n) is 5.52. The van der Waals surface area contributed by atoms with Gasteiger partial charge < -0.3 is 0 Å². The van der Waals surface area contributed by atoms with Gasteiger partial charge in [0, 0.05) is 0 Å². The first-order valence-corrected chi connectivity index (χ1v) is 9.55. The summed E-state index contributed by atoms with van der Waals surface area (Å²) in [4.78, 5) is 12.2. The molecule has 21 heavy (non-hydrogen) atoms. The van der Waals surface area contributed by atoms with Crippen molar-refractivity contribution in [2.24, 2.45) is 0 Å². The van der Waals surface area contributed by atoms with Crippen LogP contribution in [0.1, 0.15) is 32.0 Å². The van der Waals surface area contributed by atoms with Gasteiger partial charge in [-0.25, -0.2) is 0 Å². The summed E-state index contributed by atoms with van der Waals surface area (Å²) in [5.74, 6) is 0.674. The Bertz CT molecular complexity index is 602. The topological polar surface area (TPSA) is 44.8 Å². The minimum absolute atomic E-state index is 0.0235. The van der Waals surface area contributed by atoms with Crippen LogP contribution in [-0.2, 0) is 18.4 Å². The Kier molecular flexibility index (Phi) is 3.44. The molecule has 1 fully saturated rings. The molecule has 0 amide bonds. The van der Waals surface area contributed by atoms with Crippen LogP contribution in [0, 0.1) is 0 Å². The SMILES string of the molecule is CCP12(OCCO1)OC(C)=C(C(C)=O)C2c1ccccc1. The number of carbonyl (C=O) groups excluding carboxylic acids is 1. The molecule has 4 nitrogen and oxygen atoms in total. The molecule has 1 aromatic rings. The Morgan fingerprint density at radius 2 is 1.86 bits per heavy atom. The number of rotatable bonds is 3. The second kappa shape index (κ2) is 4.91. The molecule has 1 unspecified atom stereocenters. The first-order valence-electron chi connectivity index (χ1n) is 7.30. The number of carbonyl (C=O) groups is 1. The first kappa shape index (κ1) is 14.7. The average molecular weight is 308 g/mol. The number of hydrogen-bond acceptors (Lipinski definition) is 4. The van der Waals surface area contributed by atoms with Crippen LogP contribution in [0.2, 0.25) is 0 Å². The number of allylic oxidation sites excluding steroid dienone is 2. The standard InChI is InChI=1S/C16H21O4P/c1-4-21(18-10-11-19-21)16(14-8-6-5-7-9-14)15(12(2)17)13(3)20-21/h5-9,16H,4,10-11H2,1-3H3. The molecule has 0 aromatic heterocycles. The van der Waals surface area contributed by atoms with E-state index in [-0.39, 0.29) is 11.4 Å². The normalized spacial score (nSPS) is 28.1. The molecule has 0 aliphatic carbocycles. The van der Waals surface area contributed by atoms with E-state index >= 15 is 0 Å². The molecule has 0 N–H and O–H groups in total. The van der Waals surface area contributed by atoms with E-state index in [1.54, 1.807) is 6.92 Å². The van der Waals surface area contributed by atoms with Gasteiger partial charge in [-0.05, 0) is 0 Å². The molecule has 1 saturated heterocycles. The fraction of sp³-hybridized carbons (Fsp3) is 0.438. The van der Waals surface area contributed by atoms with E-state index in [1.165, 1.54) is 0 Å². The van der Waals surface area contributed by atoms with E-state index in [0.717, 1.165) is 5.56 Å². The molecule has 2 aliphatic heterocycles. The summed E-state index contributed by atoms with van der Waals surface area (Å²) in [7, 11) is -3.34. The third kappa shape index (κ3) is 1.97. The van der Waals surface area contributed by atoms with Crippen molar-refractivity contribution in [1.82, 2.24) is 0 Å². The molecule has 1 spiro atoms. The summed E-state index contributed by atoms with van der Waals surface area (Å²) in [6.45, 7) is 6.49. The van der Waals surface area contributed by atoms with Crippen molar-refractivity contribution >= 4 is 13.1 Å². The van der Waals surface area contributed by atoms with Crippen LogP contribution in [0.5, 0.6) is 0 Å². The van der Waals surface area contributed by atoms with Crippen LogP contribution in [-0.4, -0.2) is 25.2 Å². The minimum atomic E-state index is -3.34. The predicted molar refractivity (Wildman–Crippen MR) is 83.0 cm³/mol. The predicted octanol–water partition coefficient (Wildman–Crippen LogP) is 3.99. The molecule has 2 aliphatic rings. The van der Waals surface area contributed by atoms with Gasteiger partial charge in [-0.1, -0.05) is 0 Å². The van der Waals surface area contributed by atoms with Crippen LogP contribution in [0.25, 0.3) is 0 Å². The molecule has 2 heterocycles. The molecule has 114 valence electrons. The summed E-state index contributed by atoms with van der Waals surface area (Å²) in [5, 5.41) is 0. The van der Waals surface area contributed by atoms with E-state index < -0.39 is 7.28 Å². The zero-order chi connectivity index (χ0) is 15.1. The molecule has 1 aromatic carbocycles. The van der Waals surface area contributed by atoms with Crippen LogP contribution in [0.4, 0.5) is 0 Å². The molecule has 3 rings (SSSR count). The van der Waals surface area contributed by atoms with E-state index in [0.29, 0.717) is 30.7 Å². The van der Waals surface area contributed by atoms with Crippen LogP contribution in [0.15, 0.2) is 41.7 Å². The Morgan fingerprint density at radius 1 is 1.24 bits per heavy atom. The van der Waals surface area contributed by atoms with Crippen molar-refractivity contribution in [3.63, 3.8) is 0 Å². The average Bonchev–Trinajstić information content (AvgIpc) is 3.02. The summed E-state index contributed by atoms with van der Waals surface area (Å²) in [5.41, 5.74) is 1.49. The van der Waals surface area contributed by atoms with E-state index in [2.05, 4.69) is 0 Å². The van der Waals surface area contributed by atoms with Crippen molar-refractivity contribution in [2.45, 2.75) is 26.4 Å². The Balaban J connectivity index is 2.22. The maximum atomic E-state index is 12.2. The quantitative estimate of drug-likeness (QED) is 0.792. The summed E-state index contributed by atoms with van der Waals surface area (Å²) in [6.07, 6.45) is 0.638. The summed E-state index contributed by atoms with van der Waals surface area (Å²) >= 11 is 0. The van der Waals surface area contributed by atoms with Crippen molar-refractivity contribution in [2.75, 3.05) is 19.4 Å². The Hall–Kier alpha value is -1.22. The fourth-order valence-corrected chi connectivity index (χ4v) is 8.13. The Labute approximate surface area is 125 Å². The number of ketones is 1. The van der Waals surface area contributed by atoms with E-state index in [1.807, 2.05) is 44.2 Å². The third-order valence-electron chi connectivity index (χ3n) is 4.35. The van der Waals surface area contributed by atoms with Gasteiger partial charge in [-0.3, -0.25) is 0 Å². The number of benzene rings is 1. The molecule has 0 bridgehead atoms. The van der Waals surface area contributed by atoms with Crippen molar-refractivity contribution in [3.05, 3.63) is 47.2 Å². The van der Waals surface area contributed by atoms with Gasteiger partial charge in [-0.2, -0.15) is 0 Å². The van der Waals surface area contributed by atoms with Gasteiger partial charge in [-0.15, -0.1) is 0 Å². The summed E-state index contributed by atoms with van der Waals surface area (Å²) < 4.78 is 18.5. The van der Waals surface area contributed by atoms with Gasteiger partial charge in [0.25, 0.3) is 0 Å². The van der Waals surface area contributed by atoms with Gasteiger partial charge in [0.15, 0.2) is 0 Å². The molecule has 5 heteroatoms. The molecular weight excluding hydrogens is 287 g/mol. The first-order chi connectivity index (χ1) is 10.0. The van der Waals surface area contributed by atoms with Crippen molar-refractivity contribution in [3.8, 4) is 0 Å². The van der Waals surface area contributed by atoms with Gasteiger partial charge in [0.2, 0.25) is 0 Å². The number of Topliss-reactive ketones (excluding diaryl/α,β-unsaturated/α-hetero) is 1. The van der Waals surface area contributed by atoms with E-state index in [4.69, 9.17) is 13.6 Å². The third-order valence-corrected chi connectivity index (χ3v) is 9.15. The molecule has 0 saturated carbocycles. The van der Waals surface area contributed by atoms with Gasteiger partial charge in [0.1, 0.15) is 0 Å². The zero-order valence-corrected chi connectivity index (χ0v) is 13.6. The van der Waals surface area contributed by atoms with Crippen LogP contribution in [0.3, 0.4) is 0 Å².